The lowest BCUT2D eigenvalue weighted by Crippen LogP contribution is -2.28. The van der Waals surface area contributed by atoms with Crippen molar-refractivity contribution >= 4 is 34.1 Å². The topological polar surface area (TPSA) is 6.48 Å². The minimum Gasteiger partial charge on any atom is -0.310 e. The fraction of sp³-hybridized carbons (Fsp3) is 0.0294. The van der Waals surface area contributed by atoms with Crippen molar-refractivity contribution in [3.05, 3.63) is 623 Å². The van der Waals surface area contributed by atoms with Crippen LogP contribution in [0.4, 0.5) is 34.1 Å². The molecule has 0 aromatic heterocycles. The van der Waals surface area contributed by atoms with Gasteiger partial charge >= 0.3 is 0 Å². The molecule has 0 amide bonds. The zero-order valence-corrected chi connectivity index (χ0v) is 75.7. The molecule has 22 aromatic rings. The van der Waals surface area contributed by atoms with Crippen LogP contribution in [-0.4, -0.2) is 0 Å². The standard InChI is InChI=1S/C136H88N2/c1-8-40-89(41-9-1)102-54-22-23-55-103(102)113-63-31-39-71-131(113)137(98-75-80-126-117(85-98)109-61-29-32-64-119(109)133(126,94-46-14-4-15-47-94)95-48-16-5-17-49-95)100-73-78-112-116-82-92(72-79-128(116)136(130(112)87-100)123-68-36-26-58-106(123)107-59-27-37-69-124(107)136)93-83-114(90-42-10-2-11-43-90)132(115(84-93)91-44-12-3-13-45-91)138(99-76-81-127-118(86-99)110-62-30-33-65-120(110)134(127,96-50-18-6-19-51-96)97-52-20-7-21-53-97)101-74-77-111-108-60-28-38-70-125(108)135(129(111)88-101)121-66-34-24-56-104(121)105-57-25-35-67-122(105)135/h1-88H. The monoisotopic (exact) mass is 1750 g/mol. The molecule has 0 unspecified atom stereocenters. The number of hydrogen-bond acceptors (Lipinski definition) is 2. The highest BCUT2D eigenvalue weighted by molar-refractivity contribution is 6.06. The fourth-order valence-corrected chi connectivity index (χ4v) is 25.9. The number of anilines is 6. The highest BCUT2D eigenvalue weighted by Crippen LogP contribution is 2.68. The Labute approximate surface area is 805 Å². The van der Waals surface area contributed by atoms with E-state index in [9.17, 15) is 0 Å². The van der Waals surface area contributed by atoms with Crippen molar-refractivity contribution in [2.24, 2.45) is 0 Å². The van der Waals surface area contributed by atoms with Crippen LogP contribution in [0.2, 0.25) is 0 Å². The van der Waals surface area contributed by atoms with Gasteiger partial charge in [-0.15, -0.1) is 0 Å². The van der Waals surface area contributed by atoms with Crippen LogP contribution in [0.3, 0.4) is 0 Å². The molecular formula is C136H88N2. The third kappa shape index (κ3) is 11.2. The van der Waals surface area contributed by atoms with Crippen LogP contribution in [0.5, 0.6) is 0 Å². The van der Waals surface area contributed by atoms with Crippen molar-refractivity contribution in [2.45, 2.75) is 21.7 Å². The van der Waals surface area contributed by atoms with Gasteiger partial charge in [0.1, 0.15) is 0 Å². The largest absolute Gasteiger partial charge is 0.310 e. The van der Waals surface area contributed by atoms with Crippen molar-refractivity contribution in [1.29, 1.82) is 0 Å². The molecule has 0 heterocycles. The number of nitrogens with zero attached hydrogens (tertiary/aromatic N) is 2. The van der Waals surface area contributed by atoms with Crippen LogP contribution >= 0.6 is 0 Å². The second-order valence-electron chi connectivity index (χ2n) is 37.7. The minimum atomic E-state index is -0.745. The predicted octanol–water partition coefficient (Wildman–Crippen LogP) is 34.4. The third-order valence-electron chi connectivity index (χ3n) is 31.3. The van der Waals surface area contributed by atoms with Gasteiger partial charge in [0.05, 0.1) is 33.0 Å². The van der Waals surface area contributed by atoms with Crippen LogP contribution in [0, 0.1) is 0 Å². The van der Waals surface area contributed by atoms with Gasteiger partial charge in [-0.25, -0.2) is 0 Å². The molecule has 0 saturated carbocycles. The maximum Gasteiger partial charge on any atom is 0.0726 e. The summed E-state index contributed by atoms with van der Waals surface area (Å²) in [7, 11) is 0. The van der Waals surface area contributed by atoms with E-state index in [0.29, 0.717) is 0 Å². The Morgan fingerprint density at radius 1 is 0.116 bits per heavy atom. The summed E-state index contributed by atoms with van der Waals surface area (Å²) in [6, 6.07) is 203. The first-order valence-electron chi connectivity index (χ1n) is 48.3. The van der Waals surface area contributed by atoms with Gasteiger partial charge in [-0.2, -0.15) is 0 Å². The number of hydrogen-bond donors (Lipinski definition) is 0. The highest BCUT2D eigenvalue weighted by atomic mass is 15.2. The van der Waals surface area contributed by atoms with E-state index in [1.54, 1.807) is 0 Å². The summed E-state index contributed by atoms with van der Waals surface area (Å²) in [6.07, 6.45) is 0. The smallest absolute Gasteiger partial charge is 0.0726 e. The lowest BCUT2D eigenvalue weighted by atomic mass is 9.68. The highest BCUT2D eigenvalue weighted by Gasteiger charge is 2.55. The maximum atomic E-state index is 2.65. The van der Waals surface area contributed by atoms with Crippen molar-refractivity contribution < 1.29 is 0 Å². The molecule has 22 aromatic carbocycles. The van der Waals surface area contributed by atoms with Crippen molar-refractivity contribution in [3.8, 4) is 122 Å². The van der Waals surface area contributed by atoms with Crippen LogP contribution in [0.1, 0.15) is 89.0 Å². The summed E-state index contributed by atoms with van der Waals surface area (Å²) in [4.78, 5) is 5.23. The lowest BCUT2D eigenvalue weighted by molar-refractivity contribution is 0.768. The molecule has 642 valence electrons. The van der Waals surface area contributed by atoms with Crippen molar-refractivity contribution in [3.63, 3.8) is 0 Å². The van der Waals surface area contributed by atoms with Gasteiger partial charge in [0, 0.05) is 39.4 Å². The average molecular weight is 1750 g/mol. The first-order chi connectivity index (χ1) is 68.5. The first-order valence-corrected chi connectivity index (χ1v) is 48.3. The Hall–Kier alpha value is -17.6. The van der Waals surface area contributed by atoms with Gasteiger partial charge in [0.15, 0.2) is 0 Å². The Balaban J connectivity index is 0.686. The van der Waals surface area contributed by atoms with E-state index in [1.807, 2.05) is 0 Å². The van der Waals surface area contributed by atoms with Crippen LogP contribution < -0.4 is 9.80 Å². The molecule has 0 saturated heterocycles. The number of benzene rings is 22. The minimum absolute atomic E-state index is 0.594. The molecule has 138 heavy (non-hydrogen) atoms. The molecule has 0 N–H and O–H groups in total. The SMILES string of the molecule is c1ccc(-c2ccccc2-c2ccccc2N(c2ccc3c(c2)-c2ccccc2C3(c2ccccc2)c2ccccc2)c2ccc3c(c2)C2(c4ccccc4-c4ccccc42)c2ccc(-c4cc(-c5ccccc5)c(N(c5ccc6c(c5)-c5ccccc5C6(c5ccccc5)c5ccccc5)c5ccc6c(c5)C5(c7ccccc7-c7ccccc75)c5ccccc5-6)c(-c5ccccc5)c4)cc2-3)cc1. The number of para-hydroxylation sites is 1. The van der Waals surface area contributed by atoms with E-state index >= 15 is 0 Å². The van der Waals surface area contributed by atoms with E-state index in [1.165, 1.54) is 161 Å². The third-order valence-corrected chi connectivity index (χ3v) is 31.3. The van der Waals surface area contributed by atoms with E-state index in [2.05, 4.69) is 544 Å². The molecule has 28 rings (SSSR count). The molecule has 0 aliphatic heterocycles. The maximum absolute atomic E-state index is 2.65. The normalized spacial score (nSPS) is 13.9. The summed E-state index contributed by atoms with van der Waals surface area (Å²) in [5.41, 5.74) is 50.0. The molecular weight excluding hydrogens is 1660 g/mol. The quantitative estimate of drug-likeness (QED) is 0.101. The molecule has 6 aliphatic carbocycles. The predicted molar refractivity (Wildman–Crippen MR) is 570 cm³/mol. The molecule has 2 heteroatoms. The summed E-state index contributed by atoms with van der Waals surface area (Å²) >= 11 is 0. The summed E-state index contributed by atoms with van der Waals surface area (Å²) < 4.78 is 0. The van der Waals surface area contributed by atoms with E-state index in [4.69, 9.17) is 0 Å². The zero-order valence-electron chi connectivity index (χ0n) is 75.7. The van der Waals surface area contributed by atoms with Gasteiger partial charge in [-0.05, 0) is 268 Å². The van der Waals surface area contributed by atoms with E-state index in [-0.39, 0.29) is 0 Å². The van der Waals surface area contributed by atoms with E-state index in [0.717, 1.165) is 84.2 Å². The molecule has 6 aliphatic rings. The molecule has 0 bridgehead atoms. The number of fused-ring (bicyclic) bond motifs is 26. The van der Waals surface area contributed by atoms with Gasteiger partial charge in [-0.1, -0.05) is 461 Å². The second kappa shape index (κ2) is 31.0. The van der Waals surface area contributed by atoms with Gasteiger partial charge in [-0.3, -0.25) is 0 Å². The Morgan fingerprint density at radius 3 is 0.746 bits per heavy atom. The van der Waals surface area contributed by atoms with E-state index < -0.39 is 21.7 Å². The molecule has 2 nitrogen and oxygen atoms in total. The van der Waals surface area contributed by atoms with Crippen LogP contribution in [0.25, 0.3) is 122 Å². The van der Waals surface area contributed by atoms with Crippen LogP contribution in [0.15, 0.2) is 534 Å². The fourth-order valence-electron chi connectivity index (χ4n) is 25.9. The zero-order chi connectivity index (χ0) is 90.8. The Bertz CT molecular complexity index is 8450. The molecule has 0 radical (unpaired) electrons. The van der Waals surface area contributed by atoms with Gasteiger partial charge in [0.25, 0.3) is 0 Å². The Kier molecular flexibility index (Phi) is 17.8. The molecule has 2 spiro atoms. The Morgan fingerprint density at radius 2 is 0.355 bits per heavy atom. The first kappa shape index (κ1) is 79.0. The van der Waals surface area contributed by atoms with Crippen molar-refractivity contribution in [2.75, 3.05) is 9.80 Å². The second-order valence-corrected chi connectivity index (χ2v) is 37.7. The van der Waals surface area contributed by atoms with Gasteiger partial charge in [0.2, 0.25) is 0 Å². The van der Waals surface area contributed by atoms with Crippen molar-refractivity contribution in [1.82, 2.24) is 0 Å². The van der Waals surface area contributed by atoms with Crippen LogP contribution in [-0.2, 0) is 21.7 Å². The molecule has 0 fully saturated rings. The summed E-state index contributed by atoms with van der Waals surface area (Å²) in [5, 5.41) is 0. The molecule has 0 atom stereocenters. The number of rotatable bonds is 15. The summed E-state index contributed by atoms with van der Waals surface area (Å²) in [5.74, 6) is 0. The lowest BCUT2D eigenvalue weighted by Gasteiger charge is -2.35. The summed E-state index contributed by atoms with van der Waals surface area (Å²) in [6.45, 7) is 0. The average Bonchev–Trinajstić information content (AvgIpc) is 1.51. The van der Waals surface area contributed by atoms with Gasteiger partial charge < -0.3 is 9.80 Å².